The van der Waals surface area contributed by atoms with E-state index in [4.69, 9.17) is 11.6 Å². The molecule has 1 nitrogen and oxygen atoms in total. The first-order chi connectivity index (χ1) is 8.19. The highest BCUT2D eigenvalue weighted by atomic mass is 35.5. The molecule has 0 amide bonds. The van der Waals surface area contributed by atoms with E-state index in [0.29, 0.717) is 23.1 Å². The molecular weight excluding hydrogens is 232 g/mol. The van der Waals surface area contributed by atoms with Crippen LogP contribution in [0.3, 0.4) is 0 Å². The minimum Gasteiger partial charge on any atom is -0.299 e. The van der Waals surface area contributed by atoms with Crippen LogP contribution in [0.1, 0.15) is 38.2 Å². The first-order valence-corrected chi connectivity index (χ1v) is 6.84. The third-order valence-electron chi connectivity index (χ3n) is 3.84. The molecule has 1 aliphatic carbocycles. The zero-order chi connectivity index (χ0) is 12.3. The molecule has 1 aliphatic rings. The predicted molar refractivity (Wildman–Crippen MR) is 71.3 cm³/mol. The number of benzene rings is 1. The second kappa shape index (κ2) is 5.68. The van der Waals surface area contributed by atoms with E-state index in [0.717, 1.165) is 24.3 Å². The molecule has 0 spiro atoms. The second-order valence-electron chi connectivity index (χ2n) is 5.06. The van der Waals surface area contributed by atoms with Crippen LogP contribution in [0.15, 0.2) is 24.3 Å². The fourth-order valence-electron chi connectivity index (χ4n) is 2.73. The number of carbonyl (C=O) groups is 1. The van der Waals surface area contributed by atoms with Crippen molar-refractivity contribution < 1.29 is 4.79 Å². The van der Waals surface area contributed by atoms with Gasteiger partial charge in [0.15, 0.2) is 0 Å². The number of ketones is 1. The van der Waals surface area contributed by atoms with Crippen molar-refractivity contribution in [2.45, 2.75) is 39.0 Å². The Morgan fingerprint density at radius 2 is 2.24 bits per heavy atom. The summed E-state index contributed by atoms with van der Waals surface area (Å²) in [5.74, 6) is 1.45. The van der Waals surface area contributed by atoms with Gasteiger partial charge in [-0.25, -0.2) is 0 Å². The Bertz CT molecular complexity index is 400. The van der Waals surface area contributed by atoms with Crippen LogP contribution in [0.5, 0.6) is 0 Å². The van der Waals surface area contributed by atoms with Crippen molar-refractivity contribution in [3.05, 3.63) is 34.9 Å². The van der Waals surface area contributed by atoms with Crippen LogP contribution in [-0.4, -0.2) is 5.78 Å². The maximum absolute atomic E-state index is 12.1. The Kier molecular flexibility index (Phi) is 4.22. The molecule has 0 radical (unpaired) electrons. The largest absolute Gasteiger partial charge is 0.299 e. The van der Waals surface area contributed by atoms with E-state index in [1.165, 1.54) is 12.8 Å². The molecule has 0 aromatic heterocycles. The van der Waals surface area contributed by atoms with E-state index in [-0.39, 0.29) is 0 Å². The molecule has 17 heavy (non-hydrogen) atoms. The van der Waals surface area contributed by atoms with Crippen LogP contribution in [-0.2, 0) is 11.2 Å². The van der Waals surface area contributed by atoms with Crippen molar-refractivity contribution in [3.63, 3.8) is 0 Å². The molecule has 0 aliphatic heterocycles. The molecule has 1 aromatic rings. The molecule has 1 saturated carbocycles. The Balaban J connectivity index is 1.93. The van der Waals surface area contributed by atoms with Gasteiger partial charge in [-0.05, 0) is 42.9 Å². The molecule has 2 heteroatoms. The normalized spacial score (nSPS) is 23.9. The standard InChI is InChI=1S/C15H19ClO/c1-2-11-6-7-13(8-11)15(17)10-12-4-3-5-14(16)9-12/h3-5,9,11,13H,2,6-8,10H2,1H3. The maximum Gasteiger partial charge on any atom is 0.140 e. The smallest absolute Gasteiger partial charge is 0.140 e. The number of hydrogen-bond acceptors (Lipinski definition) is 1. The van der Waals surface area contributed by atoms with E-state index in [1.54, 1.807) is 0 Å². The van der Waals surface area contributed by atoms with Crippen LogP contribution in [0.2, 0.25) is 5.02 Å². The number of rotatable bonds is 4. The van der Waals surface area contributed by atoms with Crippen molar-refractivity contribution in [2.24, 2.45) is 11.8 Å². The van der Waals surface area contributed by atoms with E-state index in [1.807, 2.05) is 24.3 Å². The lowest BCUT2D eigenvalue weighted by atomic mass is 9.95. The highest BCUT2D eigenvalue weighted by Crippen LogP contribution is 2.34. The average Bonchev–Trinajstić information content (AvgIpc) is 2.77. The third-order valence-corrected chi connectivity index (χ3v) is 4.08. The van der Waals surface area contributed by atoms with Gasteiger partial charge < -0.3 is 0 Å². The van der Waals surface area contributed by atoms with Crippen LogP contribution < -0.4 is 0 Å². The Morgan fingerprint density at radius 3 is 2.88 bits per heavy atom. The zero-order valence-corrected chi connectivity index (χ0v) is 11.0. The quantitative estimate of drug-likeness (QED) is 0.780. The fourth-order valence-corrected chi connectivity index (χ4v) is 2.94. The lowest BCUT2D eigenvalue weighted by Crippen LogP contribution is -2.14. The van der Waals surface area contributed by atoms with Gasteiger partial charge in [-0.15, -0.1) is 0 Å². The van der Waals surface area contributed by atoms with E-state index in [2.05, 4.69) is 6.92 Å². The van der Waals surface area contributed by atoms with E-state index in [9.17, 15) is 4.79 Å². The summed E-state index contributed by atoms with van der Waals surface area (Å²) in [6.07, 6.45) is 5.15. The SMILES string of the molecule is CCC1CCC(C(=O)Cc2cccc(Cl)c2)C1. The van der Waals surface area contributed by atoms with Gasteiger partial charge in [0.1, 0.15) is 5.78 Å². The van der Waals surface area contributed by atoms with Crippen LogP contribution in [0, 0.1) is 11.8 Å². The van der Waals surface area contributed by atoms with Gasteiger partial charge in [0.05, 0.1) is 0 Å². The molecular formula is C15H19ClO. The lowest BCUT2D eigenvalue weighted by Gasteiger charge is -2.09. The summed E-state index contributed by atoms with van der Waals surface area (Å²) in [5.41, 5.74) is 1.04. The first-order valence-electron chi connectivity index (χ1n) is 6.46. The summed E-state index contributed by atoms with van der Waals surface area (Å²) >= 11 is 5.92. The van der Waals surface area contributed by atoms with Gasteiger partial charge in [-0.2, -0.15) is 0 Å². The monoisotopic (exact) mass is 250 g/mol. The summed E-state index contributed by atoms with van der Waals surface area (Å²) in [4.78, 5) is 12.1. The zero-order valence-electron chi connectivity index (χ0n) is 10.3. The second-order valence-corrected chi connectivity index (χ2v) is 5.49. The van der Waals surface area contributed by atoms with Gasteiger partial charge in [0.25, 0.3) is 0 Å². The van der Waals surface area contributed by atoms with Gasteiger partial charge >= 0.3 is 0 Å². The highest BCUT2D eigenvalue weighted by molar-refractivity contribution is 6.30. The molecule has 0 saturated heterocycles. The van der Waals surface area contributed by atoms with Crippen molar-refractivity contribution in [3.8, 4) is 0 Å². The van der Waals surface area contributed by atoms with Gasteiger partial charge in [0.2, 0.25) is 0 Å². The van der Waals surface area contributed by atoms with Gasteiger partial charge in [-0.1, -0.05) is 37.1 Å². The molecule has 0 bridgehead atoms. The molecule has 1 fully saturated rings. The molecule has 0 N–H and O–H groups in total. The maximum atomic E-state index is 12.1. The summed E-state index contributed by atoms with van der Waals surface area (Å²) in [6, 6.07) is 7.63. The minimum atomic E-state index is 0.291. The topological polar surface area (TPSA) is 17.1 Å². The van der Waals surface area contributed by atoms with Gasteiger partial charge in [0, 0.05) is 17.4 Å². The minimum absolute atomic E-state index is 0.291. The number of Topliss-reactive ketones (excluding diaryl/α,β-unsaturated/α-hetero) is 1. The number of carbonyl (C=O) groups excluding carboxylic acids is 1. The molecule has 2 atom stereocenters. The summed E-state index contributed by atoms with van der Waals surface area (Å²) in [6.45, 7) is 2.22. The summed E-state index contributed by atoms with van der Waals surface area (Å²) < 4.78 is 0. The van der Waals surface area contributed by atoms with Crippen molar-refractivity contribution in [1.82, 2.24) is 0 Å². The molecule has 1 aromatic carbocycles. The Labute approximate surface area is 108 Å². The van der Waals surface area contributed by atoms with Crippen molar-refractivity contribution in [1.29, 1.82) is 0 Å². The molecule has 92 valence electrons. The molecule has 2 unspecified atom stereocenters. The van der Waals surface area contributed by atoms with Crippen LogP contribution in [0.4, 0.5) is 0 Å². The van der Waals surface area contributed by atoms with Crippen molar-refractivity contribution in [2.75, 3.05) is 0 Å². The van der Waals surface area contributed by atoms with Gasteiger partial charge in [-0.3, -0.25) is 4.79 Å². The van der Waals surface area contributed by atoms with Crippen LogP contribution in [0.25, 0.3) is 0 Å². The first kappa shape index (κ1) is 12.6. The third kappa shape index (κ3) is 3.32. The predicted octanol–water partition coefficient (Wildman–Crippen LogP) is 4.28. The van der Waals surface area contributed by atoms with E-state index < -0.39 is 0 Å². The van der Waals surface area contributed by atoms with Crippen LogP contribution >= 0.6 is 11.6 Å². The fraction of sp³-hybridized carbons (Fsp3) is 0.533. The molecule has 2 rings (SSSR count). The Morgan fingerprint density at radius 1 is 1.41 bits per heavy atom. The highest BCUT2D eigenvalue weighted by Gasteiger charge is 2.28. The number of hydrogen-bond donors (Lipinski definition) is 0. The van der Waals surface area contributed by atoms with Crippen molar-refractivity contribution >= 4 is 17.4 Å². The molecule has 0 heterocycles. The summed E-state index contributed by atoms with van der Waals surface area (Å²) in [7, 11) is 0. The summed E-state index contributed by atoms with van der Waals surface area (Å²) in [5, 5.41) is 0.716. The Hall–Kier alpha value is -0.820. The average molecular weight is 251 g/mol. The lowest BCUT2D eigenvalue weighted by molar-refractivity contribution is -0.122. The number of halogens is 1. The van der Waals surface area contributed by atoms with E-state index >= 15 is 0 Å².